The number of amides is 3. The van der Waals surface area contributed by atoms with Crippen LogP contribution in [0.4, 0.5) is 0 Å². The van der Waals surface area contributed by atoms with E-state index in [4.69, 9.17) is 0 Å². The lowest BCUT2D eigenvalue weighted by Crippen LogP contribution is -2.42. The van der Waals surface area contributed by atoms with E-state index in [1.54, 1.807) is 23.2 Å². The highest BCUT2D eigenvalue weighted by molar-refractivity contribution is 7.13. The van der Waals surface area contributed by atoms with Crippen molar-refractivity contribution in [3.63, 3.8) is 0 Å². The molecule has 0 saturated carbocycles. The van der Waals surface area contributed by atoms with Gasteiger partial charge in [-0.1, -0.05) is 58.9 Å². The molecule has 1 saturated heterocycles. The first-order chi connectivity index (χ1) is 16.5. The Labute approximate surface area is 214 Å². The van der Waals surface area contributed by atoms with Gasteiger partial charge in [0, 0.05) is 26.1 Å². The van der Waals surface area contributed by atoms with Gasteiger partial charge in [0.2, 0.25) is 18.2 Å². The summed E-state index contributed by atoms with van der Waals surface area (Å²) in [6, 6.07) is 8.06. The van der Waals surface area contributed by atoms with Crippen molar-refractivity contribution in [2.24, 2.45) is 5.41 Å². The molecule has 194 valence electrons. The van der Waals surface area contributed by atoms with E-state index in [0.717, 1.165) is 36.1 Å². The van der Waals surface area contributed by atoms with Gasteiger partial charge in [-0.25, -0.2) is 4.98 Å². The van der Waals surface area contributed by atoms with Crippen LogP contribution in [0.5, 0.6) is 0 Å². The molecule has 1 aromatic heterocycles. The van der Waals surface area contributed by atoms with Crippen LogP contribution in [0.25, 0.3) is 10.4 Å². The van der Waals surface area contributed by atoms with Gasteiger partial charge in [-0.2, -0.15) is 0 Å². The number of carbonyl (C=O) groups excluding carboxylic acids is 3. The van der Waals surface area contributed by atoms with Gasteiger partial charge in [0.1, 0.15) is 6.04 Å². The highest BCUT2D eigenvalue weighted by Gasteiger charge is 2.29. The first-order valence-corrected chi connectivity index (χ1v) is 13.2. The van der Waals surface area contributed by atoms with E-state index < -0.39 is 0 Å². The molecule has 0 bridgehead atoms. The molecule has 2 atom stereocenters. The molecule has 0 spiro atoms. The van der Waals surface area contributed by atoms with Crippen LogP contribution in [0.15, 0.2) is 29.8 Å². The fourth-order valence-electron chi connectivity index (χ4n) is 3.38. The second kappa shape index (κ2) is 14.6. The minimum absolute atomic E-state index is 0.0439. The minimum Gasteiger partial charge on any atom is -0.353 e. The SMILES string of the molecule is CC.CC(=O)NC(C)C(C)(C)C.Cc1ncsc1-c1ccc(CNC(=O)C2CCCN2C=O)cc1. The summed E-state index contributed by atoms with van der Waals surface area (Å²) in [7, 11) is 0. The third-order valence-electron chi connectivity index (χ3n) is 5.88. The highest BCUT2D eigenvalue weighted by atomic mass is 32.1. The maximum atomic E-state index is 12.2. The maximum Gasteiger partial charge on any atom is 0.243 e. The topological polar surface area (TPSA) is 91.4 Å². The molecule has 35 heavy (non-hydrogen) atoms. The third kappa shape index (κ3) is 9.80. The van der Waals surface area contributed by atoms with Crippen molar-refractivity contribution in [1.82, 2.24) is 20.5 Å². The number of likely N-dealkylation sites (tertiary alicyclic amines) is 1. The number of hydrogen-bond donors (Lipinski definition) is 2. The number of thiazole rings is 1. The molecule has 1 fully saturated rings. The number of aromatic nitrogens is 1. The molecule has 1 aliphatic heterocycles. The summed E-state index contributed by atoms with van der Waals surface area (Å²) in [5, 5.41) is 5.77. The molecule has 2 aromatic rings. The summed E-state index contributed by atoms with van der Waals surface area (Å²) in [5.41, 5.74) is 5.22. The Morgan fingerprint density at radius 1 is 1.23 bits per heavy atom. The lowest BCUT2D eigenvalue weighted by molar-refractivity contribution is -0.131. The van der Waals surface area contributed by atoms with Crippen LogP contribution in [-0.4, -0.2) is 46.7 Å². The van der Waals surface area contributed by atoms with Crippen LogP contribution >= 0.6 is 11.3 Å². The Bertz CT molecular complexity index is 935. The minimum atomic E-state index is -0.313. The number of carbonyl (C=O) groups is 3. The van der Waals surface area contributed by atoms with Gasteiger partial charge >= 0.3 is 0 Å². The molecule has 2 unspecified atom stereocenters. The molecule has 3 rings (SSSR count). The maximum absolute atomic E-state index is 12.2. The molecule has 3 amide bonds. The van der Waals surface area contributed by atoms with E-state index in [9.17, 15) is 14.4 Å². The summed E-state index contributed by atoms with van der Waals surface area (Å²) in [6.07, 6.45) is 2.40. The fraction of sp³-hybridized carbons (Fsp3) is 0.556. The zero-order valence-corrected chi connectivity index (χ0v) is 23.3. The lowest BCUT2D eigenvalue weighted by Gasteiger charge is -2.27. The molecule has 8 heteroatoms. The Morgan fingerprint density at radius 2 is 1.86 bits per heavy atom. The van der Waals surface area contributed by atoms with Crippen LogP contribution in [0, 0.1) is 12.3 Å². The Balaban J connectivity index is 0.000000433. The van der Waals surface area contributed by atoms with Crippen molar-refractivity contribution < 1.29 is 14.4 Å². The lowest BCUT2D eigenvalue weighted by atomic mass is 9.88. The predicted molar refractivity (Wildman–Crippen MR) is 144 cm³/mol. The smallest absolute Gasteiger partial charge is 0.243 e. The van der Waals surface area contributed by atoms with E-state index in [-0.39, 0.29) is 29.3 Å². The van der Waals surface area contributed by atoms with Crippen molar-refractivity contribution >= 4 is 29.6 Å². The van der Waals surface area contributed by atoms with Crippen LogP contribution in [0.3, 0.4) is 0 Å². The van der Waals surface area contributed by atoms with Gasteiger partial charge in [-0.3, -0.25) is 14.4 Å². The molecule has 0 aliphatic carbocycles. The Hall–Kier alpha value is -2.74. The number of rotatable bonds is 6. The van der Waals surface area contributed by atoms with E-state index >= 15 is 0 Å². The summed E-state index contributed by atoms with van der Waals surface area (Å²) >= 11 is 1.63. The average molecular weight is 503 g/mol. The van der Waals surface area contributed by atoms with Crippen molar-refractivity contribution in [3.8, 4) is 10.4 Å². The van der Waals surface area contributed by atoms with Crippen molar-refractivity contribution in [3.05, 3.63) is 41.0 Å². The average Bonchev–Trinajstić information content (AvgIpc) is 3.47. The molecule has 1 aromatic carbocycles. The van der Waals surface area contributed by atoms with Crippen molar-refractivity contribution in [2.75, 3.05) is 6.54 Å². The number of nitrogens with one attached hydrogen (secondary N) is 2. The van der Waals surface area contributed by atoms with Crippen molar-refractivity contribution in [2.45, 2.75) is 86.9 Å². The first-order valence-electron chi connectivity index (χ1n) is 12.3. The third-order valence-corrected chi connectivity index (χ3v) is 6.86. The van der Waals surface area contributed by atoms with Gasteiger partial charge in [0.25, 0.3) is 0 Å². The summed E-state index contributed by atoms with van der Waals surface area (Å²) in [6.45, 7) is 17.0. The van der Waals surface area contributed by atoms with E-state index in [2.05, 4.69) is 48.5 Å². The molecular weight excluding hydrogens is 460 g/mol. The summed E-state index contributed by atoms with van der Waals surface area (Å²) < 4.78 is 0. The zero-order chi connectivity index (χ0) is 26.6. The summed E-state index contributed by atoms with van der Waals surface area (Å²) in [4.78, 5) is 40.7. The van der Waals surface area contributed by atoms with Gasteiger partial charge in [-0.15, -0.1) is 11.3 Å². The second-order valence-corrected chi connectivity index (χ2v) is 10.3. The molecule has 2 heterocycles. The normalized spacial score (nSPS) is 15.7. The molecular formula is C27H42N4O3S. The van der Waals surface area contributed by atoms with Crippen LogP contribution < -0.4 is 10.6 Å². The number of nitrogens with zero attached hydrogens (tertiary/aromatic N) is 2. The Kier molecular flexibility index (Phi) is 12.6. The van der Waals surface area contributed by atoms with E-state index in [1.807, 2.05) is 45.3 Å². The number of hydrogen-bond acceptors (Lipinski definition) is 5. The first kappa shape index (κ1) is 30.3. The molecule has 0 radical (unpaired) electrons. The number of benzene rings is 1. The highest BCUT2D eigenvalue weighted by Crippen LogP contribution is 2.27. The standard InChI is InChI=1S/C17H19N3O2S.C8H17NO.C2H6/c1-12-16(23-10-19-12)14-6-4-13(5-7-14)9-18-17(22)15-3-2-8-20(15)11-21;1-6(8(3,4)5)9-7(2)10;1-2/h4-7,10-11,15H,2-3,8-9H2,1H3,(H,18,22);6H,1-5H3,(H,9,10);1-2H3. The zero-order valence-electron chi connectivity index (χ0n) is 22.5. The van der Waals surface area contributed by atoms with Crippen LogP contribution in [-0.2, 0) is 20.9 Å². The largest absolute Gasteiger partial charge is 0.353 e. The van der Waals surface area contributed by atoms with Gasteiger partial charge < -0.3 is 15.5 Å². The predicted octanol–water partition coefficient (Wildman–Crippen LogP) is 4.94. The fourth-order valence-corrected chi connectivity index (χ4v) is 4.19. The van der Waals surface area contributed by atoms with E-state index in [1.165, 1.54) is 4.88 Å². The summed E-state index contributed by atoms with van der Waals surface area (Å²) in [5.74, 6) is -0.0283. The van der Waals surface area contributed by atoms with E-state index in [0.29, 0.717) is 13.1 Å². The van der Waals surface area contributed by atoms with Crippen molar-refractivity contribution in [1.29, 1.82) is 0 Å². The molecule has 1 aliphatic rings. The van der Waals surface area contributed by atoms with Gasteiger partial charge in [0.05, 0.1) is 16.1 Å². The molecule has 2 N–H and O–H groups in total. The Morgan fingerprint density at radius 3 is 2.31 bits per heavy atom. The monoisotopic (exact) mass is 502 g/mol. The van der Waals surface area contributed by atoms with Crippen LogP contribution in [0.1, 0.15) is 72.6 Å². The van der Waals surface area contributed by atoms with Crippen LogP contribution in [0.2, 0.25) is 0 Å². The second-order valence-electron chi connectivity index (χ2n) is 9.47. The quantitative estimate of drug-likeness (QED) is 0.548. The van der Waals surface area contributed by atoms with Gasteiger partial charge in [0.15, 0.2) is 0 Å². The number of aryl methyl sites for hydroxylation is 1. The molecule has 7 nitrogen and oxygen atoms in total. The van der Waals surface area contributed by atoms with Gasteiger partial charge in [-0.05, 0) is 43.2 Å².